The van der Waals surface area contributed by atoms with Gasteiger partial charge in [0.05, 0.1) is 34.5 Å². The summed E-state index contributed by atoms with van der Waals surface area (Å²) >= 11 is 5.94. The van der Waals surface area contributed by atoms with Crippen LogP contribution in [0.1, 0.15) is 24.8 Å². The van der Waals surface area contributed by atoms with Crippen LogP contribution < -0.4 is 16.0 Å². The van der Waals surface area contributed by atoms with E-state index in [-0.39, 0.29) is 42.5 Å². The second-order valence-electron chi connectivity index (χ2n) is 9.09. The standard InChI is InChI=1S/C23H21ClF3N5O4S/c24-13-3-1-12(2-4-13)10-32-18-7-15(16(25)8-19(18)37(34,35)11-17(28)21(32)33)20-30-31-22(36-20)29-14-5-6-23(26,27)9-14/h1-4,7-8,14,17H,5-6,9-11,28H2,(H,29,31)/t14?,17-/m0/s1. The Morgan fingerprint density at radius 3 is 2.62 bits per heavy atom. The number of carbonyl (C=O) groups is 1. The minimum absolute atomic E-state index is 0.0656. The average Bonchev–Trinajstić information content (AvgIpc) is 3.42. The maximum absolute atomic E-state index is 15.2. The molecule has 0 bridgehead atoms. The number of nitrogens with zero attached hydrogens (tertiary/aromatic N) is 3. The Morgan fingerprint density at radius 2 is 1.95 bits per heavy atom. The summed E-state index contributed by atoms with van der Waals surface area (Å²) in [6.07, 6.45) is -0.491. The topological polar surface area (TPSA) is 131 Å². The summed E-state index contributed by atoms with van der Waals surface area (Å²) in [6, 6.07) is 6.31. The van der Waals surface area contributed by atoms with Crippen LogP contribution in [0, 0.1) is 5.82 Å². The zero-order chi connectivity index (χ0) is 26.5. The van der Waals surface area contributed by atoms with E-state index >= 15 is 4.39 Å². The molecular weight excluding hydrogens is 535 g/mol. The Balaban J connectivity index is 1.54. The summed E-state index contributed by atoms with van der Waals surface area (Å²) in [5.41, 5.74) is 6.15. The van der Waals surface area contributed by atoms with E-state index in [0.29, 0.717) is 10.6 Å². The lowest BCUT2D eigenvalue weighted by Gasteiger charge is -2.24. The number of benzene rings is 2. The van der Waals surface area contributed by atoms with Gasteiger partial charge in [-0.2, -0.15) is 0 Å². The van der Waals surface area contributed by atoms with Crippen molar-refractivity contribution in [3.05, 3.63) is 52.8 Å². The van der Waals surface area contributed by atoms with Crippen molar-refractivity contribution >= 4 is 39.0 Å². The van der Waals surface area contributed by atoms with Gasteiger partial charge < -0.3 is 20.4 Å². The molecule has 1 aromatic heterocycles. The quantitative estimate of drug-likeness (QED) is 0.486. The number of nitrogens with one attached hydrogen (secondary N) is 1. The Hall–Kier alpha value is -3.16. The van der Waals surface area contributed by atoms with Crippen molar-refractivity contribution in [1.82, 2.24) is 10.2 Å². The van der Waals surface area contributed by atoms with Crippen LogP contribution in [-0.4, -0.2) is 48.3 Å². The van der Waals surface area contributed by atoms with E-state index in [2.05, 4.69) is 15.5 Å². The molecule has 1 aliphatic heterocycles. The second kappa shape index (κ2) is 9.30. The number of alkyl halides is 2. The third kappa shape index (κ3) is 5.15. The van der Waals surface area contributed by atoms with Gasteiger partial charge in [0.15, 0.2) is 9.84 Å². The van der Waals surface area contributed by atoms with Crippen LogP contribution >= 0.6 is 11.6 Å². The highest BCUT2D eigenvalue weighted by Gasteiger charge is 2.40. The molecule has 1 aliphatic carbocycles. The maximum atomic E-state index is 15.2. The number of anilines is 2. The zero-order valence-electron chi connectivity index (χ0n) is 19.1. The summed E-state index contributed by atoms with van der Waals surface area (Å²) in [5, 5.41) is 10.7. The van der Waals surface area contributed by atoms with Gasteiger partial charge in [-0.15, -0.1) is 5.10 Å². The largest absolute Gasteiger partial charge is 0.403 e. The first kappa shape index (κ1) is 25.5. The van der Waals surface area contributed by atoms with Crippen molar-refractivity contribution in [2.24, 2.45) is 5.73 Å². The number of carbonyl (C=O) groups excluding carboxylic acids is 1. The number of hydrogen-bond acceptors (Lipinski definition) is 8. The number of amides is 1. The molecule has 37 heavy (non-hydrogen) atoms. The Kier molecular flexibility index (Phi) is 6.40. The van der Waals surface area contributed by atoms with Gasteiger partial charge >= 0.3 is 6.01 Å². The van der Waals surface area contributed by atoms with Crippen molar-refractivity contribution in [3.63, 3.8) is 0 Å². The number of fused-ring (bicyclic) bond motifs is 1. The number of aromatic nitrogens is 2. The highest BCUT2D eigenvalue weighted by molar-refractivity contribution is 7.91. The molecule has 9 nitrogen and oxygen atoms in total. The number of sulfone groups is 1. The molecule has 5 rings (SSSR count). The van der Waals surface area contributed by atoms with Gasteiger partial charge in [0.25, 0.3) is 5.89 Å². The zero-order valence-corrected chi connectivity index (χ0v) is 20.7. The number of nitrogens with two attached hydrogens (primary N) is 1. The van der Waals surface area contributed by atoms with Gasteiger partial charge in [0.2, 0.25) is 11.8 Å². The lowest BCUT2D eigenvalue weighted by molar-refractivity contribution is -0.119. The van der Waals surface area contributed by atoms with Crippen molar-refractivity contribution in [2.75, 3.05) is 16.0 Å². The average molecular weight is 556 g/mol. The van der Waals surface area contributed by atoms with Gasteiger partial charge in [-0.25, -0.2) is 21.6 Å². The van der Waals surface area contributed by atoms with E-state index in [1.807, 2.05) is 0 Å². The molecule has 1 fully saturated rings. The number of halogens is 4. The predicted octanol–water partition coefficient (Wildman–Crippen LogP) is 3.78. The summed E-state index contributed by atoms with van der Waals surface area (Å²) < 4.78 is 73.6. The Labute approximate surface area is 214 Å². The first-order valence-electron chi connectivity index (χ1n) is 11.3. The molecule has 2 aromatic carbocycles. The molecule has 14 heteroatoms. The Morgan fingerprint density at radius 1 is 1.22 bits per heavy atom. The van der Waals surface area contributed by atoms with E-state index < -0.39 is 56.6 Å². The SMILES string of the molecule is N[C@H]1CS(=O)(=O)c2cc(F)c(-c3nnc(NC4CCC(F)(F)C4)o3)cc2N(Cc2ccc(Cl)cc2)C1=O. The molecule has 1 amide bonds. The van der Waals surface area contributed by atoms with Crippen molar-refractivity contribution < 1.29 is 30.8 Å². The van der Waals surface area contributed by atoms with Crippen molar-refractivity contribution in [1.29, 1.82) is 0 Å². The molecule has 196 valence electrons. The number of rotatable bonds is 5. The van der Waals surface area contributed by atoms with Crippen LogP contribution in [0.15, 0.2) is 45.7 Å². The van der Waals surface area contributed by atoms with E-state index in [0.717, 1.165) is 17.0 Å². The molecule has 1 saturated carbocycles. The van der Waals surface area contributed by atoms with Crippen LogP contribution in [0.2, 0.25) is 5.02 Å². The van der Waals surface area contributed by atoms with E-state index in [4.69, 9.17) is 21.8 Å². The molecule has 3 aromatic rings. The summed E-state index contributed by atoms with van der Waals surface area (Å²) in [6.45, 7) is -0.0656. The fraction of sp³-hybridized carbons (Fsp3) is 0.348. The highest BCUT2D eigenvalue weighted by atomic mass is 35.5. The minimum atomic E-state index is -4.13. The molecule has 0 radical (unpaired) electrons. The first-order chi connectivity index (χ1) is 17.4. The summed E-state index contributed by atoms with van der Waals surface area (Å²) in [5.74, 6) is -5.48. The van der Waals surface area contributed by atoms with Gasteiger partial charge in [-0.05, 0) is 36.2 Å². The molecule has 2 heterocycles. The normalized spacial score (nSPS) is 22.5. The molecular formula is C23H21ClF3N5O4S. The third-order valence-electron chi connectivity index (χ3n) is 6.30. The molecule has 3 N–H and O–H groups in total. The molecule has 2 aliphatic rings. The van der Waals surface area contributed by atoms with Crippen molar-refractivity contribution in [2.45, 2.75) is 48.7 Å². The molecule has 0 saturated heterocycles. The molecule has 2 atom stereocenters. The lowest BCUT2D eigenvalue weighted by Crippen LogP contribution is -2.45. The van der Waals surface area contributed by atoms with Crippen LogP contribution in [0.5, 0.6) is 0 Å². The van der Waals surface area contributed by atoms with Gasteiger partial charge in [0.1, 0.15) is 5.82 Å². The highest BCUT2D eigenvalue weighted by Crippen LogP contribution is 2.39. The van der Waals surface area contributed by atoms with Crippen molar-refractivity contribution in [3.8, 4) is 11.5 Å². The predicted molar refractivity (Wildman–Crippen MR) is 129 cm³/mol. The van der Waals surface area contributed by atoms with Crippen LogP contribution in [-0.2, 0) is 21.2 Å². The summed E-state index contributed by atoms with van der Waals surface area (Å²) in [4.78, 5) is 13.9. The first-order valence-corrected chi connectivity index (χ1v) is 13.3. The van der Waals surface area contributed by atoms with Crippen LogP contribution in [0.4, 0.5) is 24.9 Å². The van der Waals surface area contributed by atoms with Crippen LogP contribution in [0.25, 0.3) is 11.5 Å². The van der Waals surface area contributed by atoms with Gasteiger partial charge in [-0.3, -0.25) is 4.79 Å². The van der Waals surface area contributed by atoms with E-state index in [1.165, 1.54) is 0 Å². The fourth-order valence-corrected chi connectivity index (χ4v) is 6.15. The maximum Gasteiger partial charge on any atom is 0.315 e. The smallest absolute Gasteiger partial charge is 0.315 e. The lowest BCUT2D eigenvalue weighted by atomic mass is 10.1. The summed E-state index contributed by atoms with van der Waals surface area (Å²) in [7, 11) is -4.13. The second-order valence-corrected chi connectivity index (χ2v) is 11.5. The van der Waals surface area contributed by atoms with Crippen LogP contribution in [0.3, 0.4) is 0 Å². The van der Waals surface area contributed by atoms with Gasteiger partial charge in [0, 0.05) is 23.9 Å². The fourth-order valence-electron chi connectivity index (χ4n) is 4.46. The third-order valence-corrected chi connectivity index (χ3v) is 8.34. The van der Waals surface area contributed by atoms with E-state index in [1.54, 1.807) is 24.3 Å². The molecule has 0 spiro atoms. The number of hydrogen-bond donors (Lipinski definition) is 2. The Bertz CT molecular complexity index is 1470. The van der Waals surface area contributed by atoms with Gasteiger partial charge in [-0.1, -0.05) is 28.8 Å². The van der Waals surface area contributed by atoms with E-state index in [9.17, 15) is 22.0 Å². The molecule has 1 unspecified atom stereocenters. The minimum Gasteiger partial charge on any atom is -0.403 e. The monoisotopic (exact) mass is 555 g/mol.